The fraction of sp³-hybridized carbons (Fsp3) is 0.333. The van der Waals surface area contributed by atoms with Gasteiger partial charge in [-0.2, -0.15) is 8.78 Å². The van der Waals surface area contributed by atoms with E-state index in [0.717, 1.165) is 0 Å². The molecule has 0 fully saturated rings. The number of hydrogen-bond donors (Lipinski definition) is 1. The Labute approximate surface area is 88.6 Å². The lowest BCUT2D eigenvalue weighted by molar-refractivity contribution is -0.0499. The van der Waals surface area contributed by atoms with E-state index in [4.69, 9.17) is 0 Å². The summed E-state index contributed by atoms with van der Waals surface area (Å²) >= 11 is 3.19. The predicted molar refractivity (Wildman–Crippen MR) is 51.4 cm³/mol. The zero-order chi connectivity index (χ0) is 10.7. The Bertz CT molecular complexity index is 316. The standard InChI is InChI=1S/C9H9BrF2O2/c1-5(13)7-4-6(14-9(11)12)2-3-8(7)10/h2-5,9,13H,1H3/t5-/m0/s1. The number of aliphatic hydroxyl groups is 1. The quantitative estimate of drug-likeness (QED) is 0.911. The number of aliphatic hydroxyl groups excluding tert-OH is 1. The van der Waals surface area contributed by atoms with Gasteiger partial charge in [-0.3, -0.25) is 0 Å². The Morgan fingerprint density at radius 1 is 1.43 bits per heavy atom. The number of rotatable bonds is 3. The molecule has 0 saturated carbocycles. The molecule has 2 nitrogen and oxygen atoms in total. The topological polar surface area (TPSA) is 29.5 Å². The largest absolute Gasteiger partial charge is 0.435 e. The first-order valence-corrected chi connectivity index (χ1v) is 4.72. The Kier molecular flexibility index (Phi) is 3.83. The average Bonchev–Trinajstić information content (AvgIpc) is 2.07. The van der Waals surface area contributed by atoms with Gasteiger partial charge in [-0.15, -0.1) is 0 Å². The van der Waals surface area contributed by atoms with Gasteiger partial charge in [0.2, 0.25) is 0 Å². The Morgan fingerprint density at radius 3 is 2.57 bits per heavy atom. The maximum absolute atomic E-state index is 11.9. The Balaban J connectivity index is 2.94. The lowest BCUT2D eigenvalue weighted by Gasteiger charge is -2.10. The van der Waals surface area contributed by atoms with Crippen molar-refractivity contribution in [2.75, 3.05) is 0 Å². The maximum atomic E-state index is 11.9. The van der Waals surface area contributed by atoms with Gasteiger partial charge in [0.1, 0.15) is 5.75 Å². The number of benzene rings is 1. The van der Waals surface area contributed by atoms with E-state index in [0.29, 0.717) is 10.0 Å². The summed E-state index contributed by atoms with van der Waals surface area (Å²) in [4.78, 5) is 0. The Hall–Kier alpha value is -0.680. The van der Waals surface area contributed by atoms with Crippen LogP contribution < -0.4 is 4.74 Å². The zero-order valence-corrected chi connectivity index (χ0v) is 8.96. The summed E-state index contributed by atoms with van der Waals surface area (Å²) in [6, 6.07) is 4.34. The smallest absolute Gasteiger partial charge is 0.387 e. The highest BCUT2D eigenvalue weighted by molar-refractivity contribution is 9.10. The summed E-state index contributed by atoms with van der Waals surface area (Å²) in [6.45, 7) is -1.30. The van der Waals surface area contributed by atoms with Crippen LogP contribution in [0.2, 0.25) is 0 Å². The molecule has 0 aliphatic carbocycles. The fourth-order valence-electron chi connectivity index (χ4n) is 1.02. The molecule has 1 atom stereocenters. The third-order valence-electron chi connectivity index (χ3n) is 1.64. The van der Waals surface area contributed by atoms with Crippen molar-refractivity contribution in [2.45, 2.75) is 19.6 Å². The molecule has 1 N–H and O–H groups in total. The van der Waals surface area contributed by atoms with E-state index >= 15 is 0 Å². The van der Waals surface area contributed by atoms with Gasteiger partial charge in [-0.05, 0) is 30.7 Å². The van der Waals surface area contributed by atoms with Crippen molar-refractivity contribution in [1.29, 1.82) is 0 Å². The van der Waals surface area contributed by atoms with Gasteiger partial charge in [0.05, 0.1) is 6.10 Å². The van der Waals surface area contributed by atoms with Gasteiger partial charge < -0.3 is 9.84 Å². The summed E-state index contributed by atoms with van der Waals surface area (Å²) < 4.78 is 28.6. The molecule has 0 unspecified atom stereocenters. The average molecular weight is 267 g/mol. The normalized spacial score (nSPS) is 13.0. The number of halogens is 3. The molecule has 0 amide bonds. The van der Waals surface area contributed by atoms with Crippen molar-refractivity contribution in [3.05, 3.63) is 28.2 Å². The second-order valence-corrected chi connectivity index (χ2v) is 3.59. The second kappa shape index (κ2) is 4.70. The minimum absolute atomic E-state index is 0.0408. The van der Waals surface area contributed by atoms with Gasteiger partial charge in [-0.1, -0.05) is 15.9 Å². The minimum atomic E-state index is -2.85. The van der Waals surface area contributed by atoms with Crippen LogP contribution in [0.3, 0.4) is 0 Å². The van der Waals surface area contributed by atoms with Crippen molar-refractivity contribution < 1.29 is 18.6 Å². The SMILES string of the molecule is C[C@H](O)c1cc(OC(F)F)ccc1Br. The molecule has 0 bridgehead atoms. The molecule has 1 aromatic rings. The molecule has 78 valence electrons. The molecular formula is C9H9BrF2O2. The van der Waals surface area contributed by atoms with Crippen LogP contribution >= 0.6 is 15.9 Å². The van der Waals surface area contributed by atoms with E-state index < -0.39 is 12.7 Å². The van der Waals surface area contributed by atoms with E-state index in [-0.39, 0.29) is 5.75 Å². The van der Waals surface area contributed by atoms with Crippen LogP contribution in [0.1, 0.15) is 18.6 Å². The van der Waals surface area contributed by atoms with Gasteiger partial charge in [0.25, 0.3) is 0 Å². The lowest BCUT2D eigenvalue weighted by atomic mass is 10.1. The molecule has 0 heterocycles. The summed E-state index contributed by atoms with van der Waals surface area (Å²) in [5, 5.41) is 9.29. The monoisotopic (exact) mass is 266 g/mol. The molecule has 1 rings (SSSR count). The van der Waals surface area contributed by atoms with Crippen LogP contribution in [0.4, 0.5) is 8.78 Å². The summed E-state index contributed by atoms with van der Waals surface area (Å²) in [5.41, 5.74) is 0.517. The van der Waals surface area contributed by atoms with Crippen LogP contribution in [0.15, 0.2) is 22.7 Å². The number of alkyl halides is 2. The van der Waals surface area contributed by atoms with Crippen LogP contribution in [-0.4, -0.2) is 11.7 Å². The zero-order valence-electron chi connectivity index (χ0n) is 7.38. The van der Waals surface area contributed by atoms with Crippen molar-refractivity contribution >= 4 is 15.9 Å². The van der Waals surface area contributed by atoms with Crippen LogP contribution in [-0.2, 0) is 0 Å². The molecule has 0 spiro atoms. The Morgan fingerprint density at radius 2 is 2.07 bits per heavy atom. The van der Waals surface area contributed by atoms with Crippen molar-refractivity contribution in [3.63, 3.8) is 0 Å². The van der Waals surface area contributed by atoms with Crippen molar-refractivity contribution in [1.82, 2.24) is 0 Å². The van der Waals surface area contributed by atoms with E-state index in [1.807, 2.05) is 0 Å². The summed E-state index contributed by atoms with van der Waals surface area (Å²) in [7, 11) is 0. The first kappa shape index (κ1) is 11.4. The predicted octanol–water partition coefficient (Wildman–Crippen LogP) is 3.10. The molecule has 0 saturated heterocycles. The molecular weight excluding hydrogens is 258 g/mol. The van der Waals surface area contributed by atoms with Crippen LogP contribution in [0.25, 0.3) is 0 Å². The third-order valence-corrected chi connectivity index (χ3v) is 2.36. The van der Waals surface area contributed by atoms with Crippen LogP contribution in [0, 0.1) is 0 Å². The minimum Gasteiger partial charge on any atom is -0.435 e. The van der Waals surface area contributed by atoms with E-state index in [2.05, 4.69) is 20.7 Å². The molecule has 1 aromatic carbocycles. The summed E-state index contributed by atoms with van der Waals surface area (Å²) in [6.07, 6.45) is -0.731. The van der Waals surface area contributed by atoms with Gasteiger partial charge >= 0.3 is 6.61 Å². The van der Waals surface area contributed by atoms with Crippen molar-refractivity contribution in [3.8, 4) is 5.75 Å². The first-order valence-electron chi connectivity index (χ1n) is 3.93. The maximum Gasteiger partial charge on any atom is 0.387 e. The molecule has 5 heteroatoms. The van der Waals surface area contributed by atoms with E-state index in [9.17, 15) is 13.9 Å². The van der Waals surface area contributed by atoms with E-state index in [1.54, 1.807) is 13.0 Å². The molecule has 14 heavy (non-hydrogen) atoms. The van der Waals surface area contributed by atoms with Gasteiger partial charge in [-0.25, -0.2) is 0 Å². The molecule has 0 aromatic heterocycles. The van der Waals surface area contributed by atoms with Crippen LogP contribution in [0.5, 0.6) is 5.75 Å². The van der Waals surface area contributed by atoms with Crippen molar-refractivity contribution in [2.24, 2.45) is 0 Å². The molecule has 0 aliphatic heterocycles. The fourth-order valence-corrected chi connectivity index (χ4v) is 1.60. The molecule has 0 radical (unpaired) electrons. The third kappa shape index (κ3) is 2.92. The highest BCUT2D eigenvalue weighted by Gasteiger charge is 2.10. The lowest BCUT2D eigenvalue weighted by Crippen LogP contribution is -2.03. The van der Waals surface area contributed by atoms with Gasteiger partial charge in [0.15, 0.2) is 0 Å². The highest BCUT2D eigenvalue weighted by Crippen LogP contribution is 2.28. The summed E-state index contributed by atoms with van der Waals surface area (Å²) in [5.74, 6) is 0.0408. The van der Waals surface area contributed by atoms with E-state index in [1.165, 1.54) is 12.1 Å². The first-order chi connectivity index (χ1) is 6.50. The van der Waals surface area contributed by atoms with Gasteiger partial charge in [0, 0.05) is 4.47 Å². The second-order valence-electron chi connectivity index (χ2n) is 2.74. The highest BCUT2D eigenvalue weighted by atomic mass is 79.9. The number of hydrogen-bond acceptors (Lipinski definition) is 2. The molecule has 0 aliphatic rings. The number of ether oxygens (including phenoxy) is 1.